The van der Waals surface area contributed by atoms with Gasteiger partial charge in [-0.2, -0.15) is 9.31 Å². The molecule has 0 spiro atoms. The molecule has 0 saturated carbocycles. The van der Waals surface area contributed by atoms with Crippen molar-refractivity contribution in [2.24, 2.45) is 5.92 Å². The van der Waals surface area contributed by atoms with Gasteiger partial charge in [0.15, 0.2) is 0 Å². The lowest BCUT2D eigenvalue weighted by molar-refractivity contribution is -0.142. The highest BCUT2D eigenvalue weighted by molar-refractivity contribution is 7.89. The molecule has 0 N–H and O–H groups in total. The lowest BCUT2D eigenvalue weighted by Crippen LogP contribution is -2.59. The van der Waals surface area contributed by atoms with E-state index in [1.54, 1.807) is 43.3 Å². The molecular weight excluding hydrogens is 430 g/mol. The van der Waals surface area contributed by atoms with E-state index in [0.29, 0.717) is 0 Å². The van der Waals surface area contributed by atoms with Crippen molar-refractivity contribution in [2.45, 2.75) is 24.3 Å². The summed E-state index contributed by atoms with van der Waals surface area (Å²) < 4.78 is 27.9. The molecule has 2 atom stereocenters. The number of carbonyl (C=O) groups is 3. The minimum Gasteiger partial charge on any atom is -0.268 e. The van der Waals surface area contributed by atoms with Crippen LogP contribution in [0.4, 0.5) is 0 Å². The highest BCUT2D eigenvalue weighted by Crippen LogP contribution is 2.47. The normalized spacial score (nSPS) is 25.6. The van der Waals surface area contributed by atoms with Crippen LogP contribution >= 0.6 is 0 Å². The van der Waals surface area contributed by atoms with Crippen molar-refractivity contribution in [2.75, 3.05) is 13.1 Å². The quantitative estimate of drug-likeness (QED) is 0.525. The third-order valence-electron chi connectivity index (χ3n) is 6.64. The predicted octanol–water partition coefficient (Wildman–Crippen LogP) is 1.98. The van der Waals surface area contributed by atoms with Crippen molar-refractivity contribution in [1.29, 1.82) is 0 Å². The molecule has 8 nitrogen and oxygen atoms in total. The molecule has 3 heterocycles. The van der Waals surface area contributed by atoms with Gasteiger partial charge in [0, 0.05) is 24.6 Å². The van der Waals surface area contributed by atoms with Gasteiger partial charge in [-0.15, -0.1) is 0 Å². The Kier molecular flexibility index (Phi) is 4.25. The molecule has 32 heavy (non-hydrogen) atoms. The Balaban J connectivity index is 1.53. The minimum atomic E-state index is -3.84. The Bertz CT molecular complexity index is 1280. The number of amides is 3. The number of hydrogen-bond acceptors (Lipinski definition) is 5. The molecule has 0 bridgehead atoms. The maximum Gasteiger partial charge on any atom is 0.280 e. The maximum atomic E-state index is 13.3. The minimum absolute atomic E-state index is 0.0386. The Morgan fingerprint density at radius 1 is 0.938 bits per heavy atom. The van der Waals surface area contributed by atoms with E-state index in [1.807, 2.05) is 6.92 Å². The van der Waals surface area contributed by atoms with E-state index in [1.165, 1.54) is 16.4 Å². The van der Waals surface area contributed by atoms with Crippen molar-refractivity contribution in [3.05, 3.63) is 77.4 Å². The molecule has 0 aromatic heterocycles. The second-order valence-electron chi connectivity index (χ2n) is 8.63. The standard InChI is InChI=1S/C23H21N3O5S/c1-14-8-10-16(11-9-14)32(30,31)24-12-19-15(2)20(27)26(23(19,3)13-24)25-21(28)17-6-4-5-7-18(17)22(25)29/h4-11,19H,2,12-13H2,1,3H3/t19-,23-/m1/s1. The van der Waals surface area contributed by atoms with Crippen molar-refractivity contribution in [3.8, 4) is 0 Å². The lowest BCUT2D eigenvalue weighted by Gasteiger charge is -2.38. The van der Waals surface area contributed by atoms with Gasteiger partial charge in [-0.25, -0.2) is 13.4 Å². The van der Waals surface area contributed by atoms with E-state index in [2.05, 4.69) is 6.58 Å². The topological polar surface area (TPSA) is 95.1 Å². The van der Waals surface area contributed by atoms with Gasteiger partial charge < -0.3 is 0 Å². The van der Waals surface area contributed by atoms with Gasteiger partial charge in [-0.3, -0.25) is 14.4 Å². The molecule has 3 amide bonds. The highest BCUT2D eigenvalue weighted by Gasteiger charge is 2.63. The largest absolute Gasteiger partial charge is 0.280 e. The van der Waals surface area contributed by atoms with Crippen molar-refractivity contribution >= 4 is 27.7 Å². The van der Waals surface area contributed by atoms with Crippen LogP contribution < -0.4 is 0 Å². The fraction of sp³-hybridized carbons (Fsp3) is 0.261. The maximum absolute atomic E-state index is 13.3. The molecular formula is C23H21N3O5S. The summed E-state index contributed by atoms with van der Waals surface area (Å²) in [5.41, 5.74) is 0.421. The molecule has 9 heteroatoms. The van der Waals surface area contributed by atoms with Crippen LogP contribution in [-0.2, 0) is 14.8 Å². The summed E-state index contributed by atoms with van der Waals surface area (Å²) in [7, 11) is -3.84. The van der Waals surface area contributed by atoms with E-state index >= 15 is 0 Å². The fourth-order valence-electron chi connectivity index (χ4n) is 4.87. The van der Waals surface area contributed by atoms with E-state index < -0.39 is 39.2 Å². The third kappa shape index (κ3) is 2.58. The van der Waals surface area contributed by atoms with Gasteiger partial charge in [0.05, 0.1) is 21.6 Å². The molecule has 164 valence electrons. The number of carbonyl (C=O) groups excluding carboxylic acids is 3. The molecule has 2 fully saturated rings. The van der Waals surface area contributed by atoms with Crippen molar-refractivity contribution in [3.63, 3.8) is 0 Å². The van der Waals surface area contributed by atoms with Gasteiger partial charge in [-0.05, 0) is 38.1 Å². The monoisotopic (exact) mass is 451 g/mol. The zero-order valence-electron chi connectivity index (χ0n) is 17.6. The van der Waals surface area contributed by atoms with Crippen LogP contribution in [0.5, 0.6) is 0 Å². The first-order chi connectivity index (χ1) is 15.1. The number of benzene rings is 2. The van der Waals surface area contributed by atoms with Gasteiger partial charge >= 0.3 is 0 Å². The van der Waals surface area contributed by atoms with Gasteiger partial charge in [0.1, 0.15) is 0 Å². The van der Waals surface area contributed by atoms with Crippen LogP contribution in [-0.4, -0.2) is 59.1 Å². The molecule has 2 aromatic carbocycles. The summed E-state index contributed by atoms with van der Waals surface area (Å²) in [5, 5.41) is 1.97. The molecule has 5 rings (SSSR count). The number of nitrogens with zero attached hydrogens (tertiary/aromatic N) is 3. The number of aryl methyl sites for hydroxylation is 1. The highest BCUT2D eigenvalue weighted by atomic mass is 32.2. The smallest absolute Gasteiger partial charge is 0.268 e. The van der Waals surface area contributed by atoms with Crippen molar-refractivity contribution < 1.29 is 22.8 Å². The first-order valence-corrected chi connectivity index (χ1v) is 11.6. The number of hydrogen-bond donors (Lipinski definition) is 0. The number of sulfonamides is 1. The van der Waals surface area contributed by atoms with Crippen LogP contribution in [0.15, 0.2) is 65.6 Å². The molecule has 0 unspecified atom stereocenters. The number of rotatable bonds is 3. The van der Waals surface area contributed by atoms with Crippen LogP contribution in [0.25, 0.3) is 0 Å². The summed E-state index contributed by atoms with van der Waals surface area (Å²) in [6.45, 7) is 7.42. The van der Waals surface area contributed by atoms with Crippen LogP contribution in [0.2, 0.25) is 0 Å². The SMILES string of the molecule is C=C1C(=O)N(N2C(=O)c3ccccc3C2=O)[C@]2(C)CN(S(=O)(=O)c3ccc(C)cc3)C[C@H]12. The van der Waals surface area contributed by atoms with Gasteiger partial charge in [0.25, 0.3) is 17.7 Å². The second-order valence-corrected chi connectivity index (χ2v) is 10.6. The summed E-state index contributed by atoms with van der Waals surface area (Å²) in [6, 6.07) is 12.9. The molecule has 0 aliphatic carbocycles. The summed E-state index contributed by atoms with van der Waals surface area (Å²) >= 11 is 0. The van der Waals surface area contributed by atoms with E-state index in [4.69, 9.17) is 0 Å². The Labute approximate surface area is 185 Å². The van der Waals surface area contributed by atoms with Gasteiger partial charge in [0.2, 0.25) is 10.0 Å². The first kappa shape index (κ1) is 20.6. The molecule has 2 saturated heterocycles. The number of imide groups is 1. The van der Waals surface area contributed by atoms with E-state index in [9.17, 15) is 22.8 Å². The molecule has 3 aliphatic heterocycles. The Morgan fingerprint density at radius 3 is 2.06 bits per heavy atom. The summed E-state index contributed by atoms with van der Waals surface area (Å²) in [5.74, 6) is -2.30. The second kappa shape index (κ2) is 6.60. The van der Waals surface area contributed by atoms with E-state index in [0.717, 1.165) is 15.6 Å². The Morgan fingerprint density at radius 2 is 1.50 bits per heavy atom. The van der Waals surface area contributed by atoms with Crippen molar-refractivity contribution in [1.82, 2.24) is 14.3 Å². The predicted molar refractivity (Wildman–Crippen MR) is 115 cm³/mol. The summed E-state index contributed by atoms with van der Waals surface area (Å²) in [6.07, 6.45) is 0. The van der Waals surface area contributed by atoms with Crippen LogP contribution in [0.1, 0.15) is 33.2 Å². The van der Waals surface area contributed by atoms with Crippen LogP contribution in [0.3, 0.4) is 0 Å². The average molecular weight is 452 g/mol. The Hall–Kier alpha value is -3.30. The third-order valence-corrected chi connectivity index (χ3v) is 8.46. The lowest BCUT2D eigenvalue weighted by atomic mass is 9.88. The fourth-order valence-corrected chi connectivity index (χ4v) is 6.42. The number of fused-ring (bicyclic) bond motifs is 2. The van der Waals surface area contributed by atoms with Crippen LogP contribution in [0, 0.1) is 12.8 Å². The van der Waals surface area contributed by atoms with Gasteiger partial charge in [-0.1, -0.05) is 36.4 Å². The summed E-state index contributed by atoms with van der Waals surface area (Å²) in [4.78, 5) is 39.4. The zero-order chi connectivity index (χ0) is 23.0. The zero-order valence-corrected chi connectivity index (χ0v) is 18.4. The van der Waals surface area contributed by atoms with E-state index in [-0.39, 0.29) is 34.7 Å². The average Bonchev–Trinajstić information content (AvgIpc) is 3.30. The molecule has 3 aliphatic rings. The number of hydrazine groups is 1. The first-order valence-electron chi connectivity index (χ1n) is 10.2. The molecule has 0 radical (unpaired) electrons. The molecule has 2 aromatic rings.